The summed E-state index contributed by atoms with van der Waals surface area (Å²) >= 11 is 0. The first-order valence-corrected chi connectivity index (χ1v) is 7.75. The molecule has 21 heavy (non-hydrogen) atoms. The molecule has 0 radical (unpaired) electrons. The minimum Gasteiger partial charge on any atom is -0.462 e. The van der Waals surface area contributed by atoms with Gasteiger partial charge in [0, 0.05) is 12.6 Å². The van der Waals surface area contributed by atoms with Gasteiger partial charge in [0.15, 0.2) is 0 Å². The van der Waals surface area contributed by atoms with Crippen molar-refractivity contribution in [2.75, 3.05) is 6.54 Å². The molecular weight excluding hydrogens is 266 g/mol. The highest BCUT2D eigenvalue weighted by Crippen LogP contribution is 2.33. The van der Waals surface area contributed by atoms with Crippen molar-refractivity contribution in [2.24, 2.45) is 5.92 Å². The van der Waals surface area contributed by atoms with E-state index in [1.165, 1.54) is 12.5 Å². The van der Waals surface area contributed by atoms with Gasteiger partial charge in [-0.15, -0.1) is 0 Å². The summed E-state index contributed by atoms with van der Waals surface area (Å²) in [6.07, 6.45) is 7.89. The van der Waals surface area contributed by atoms with E-state index in [1.807, 2.05) is 19.1 Å². The maximum Gasteiger partial charge on any atom is 0.244 e. The molecule has 0 unspecified atom stereocenters. The second kappa shape index (κ2) is 6.94. The lowest BCUT2D eigenvalue weighted by atomic mass is 9.78. The third-order valence-electron chi connectivity index (χ3n) is 4.37. The van der Waals surface area contributed by atoms with Crippen molar-refractivity contribution in [1.29, 1.82) is 0 Å². The largest absolute Gasteiger partial charge is 0.462 e. The van der Waals surface area contributed by atoms with Gasteiger partial charge in [-0.2, -0.15) is 0 Å². The number of carbonyl (C=O) groups is 1. The van der Waals surface area contributed by atoms with Crippen LogP contribution in [0.2, 0.25) is 0 Å². The molecule has 2 N–H and O–H groups in total. The van der Waals surface area contributed by atoms with E-state index in [2.05, 4.69) is 12.2 Å². The Morgan fingerprint density at radius 3 is 2.76 bits per heavy atom. The van der Waals surface area contributed by atoms with Crippen molar-refractivity contribution in [3.05, 3.63) is 29.7 Å². The van der Waals surface area contributed by atoms with Gasteiger partial charge in [-0.05, 0) is 56.7 Å². The molecule has 0 aliphatic heterocycles. The fraction of sp³-hybridized carbons (Fsp3) is 0.588. The number of hydrogen-bond acceptors (Lipinski definition) is 3. The summed E-state index contributed by atoms with van der Waals surface area (Å²) in [4.78, 5) is 11.8. The monoisotopic (exact) mass is 291 g/mol. The zero-order chi connectivity index (χ0) is 15.3. The summed E-state index contributed by atoms with van der Waals surface area (Å²) < 4.78 is 5.36. The van der Waals surface area contributed by atoms with E-state index in [4.69, 9.17) is 4.42 Å². The van der Waals surface area contributed by atoms with Crippen LogP contribution in [0.5, 0.6) is 0 Å². The fourth-order valence-corrected chi connectivity index (χ4v) is 2.81. The van der Waals surface area contributed by atoms with Crippen molar-refractivity contribution in [2.45, 2.75) is 51.6 Å². The van der Waals surface area contributed by atoms with Crippen molar-refractivity contribution >= 4 is 12.0 Å². The topological polar surface area (TPSA) is 62.5 Å². The fourth-order valence-electron chi connectivity index (χ4n) is 2.81. The van der Waals surface area contributed by atoms with Crippen LogP contribution in [0, 0.1) is 12.8 Å². The van der Waals surface area contributed by atoms with Gasteiger partial charge in [0.25, 0.3) is 0 Å². The molecule has 116 valence electrons. The highest BCUT2D eigenvalue weighted by Gasteiger charge is 2.32. The van der Waals surface area contributed by atoms with Gasteiger partial charge in [-0.1, -0.05) is 13.3 Å². The minimum atomic E-state index is -0.740. The lowest BCUT2D eigenvalue weighted by Gasteiger charge is -2.35. The first-order chi connectivity index (χ1) is 10.0. The van der Waals surface area contributed by atoms with Crippen LogP contribution >= 0.6 is 0 Å². The van der Waals surface area contributed by atoms with Crippen molar-refractivity contribution < 1.29 is 14.3 Å². The Hall–Kier alpha value is -1.55. The second-order valence-corrected chi connectivity index (χ2v) is 6.08. The maximum absolute atomic E-state index is 11.8. The molecule has 0 spiro atoms. The molecular formula is C17H25NO3. The van der Waals surface area contributed by atoms with Crippen LogP contribution in [0.3, 0.4) is 0 Å². The summed E-state index contributed by atoms with van der Waals surface area (Å²) in [6.45, 7) is 4.38. The summed E-state index contributed by atoms with van der Waals surface area (Å²) in [5, 5.41) is 13.3. The highest BCUT2D eigenvalue weighted by atomic mass is 16.3. The van der Waals surface area contributed by atoms with Crippen LogP contribution in [0.1, 0.15) is 50.5 Å². The van der Waals surface area contributed by atoms with Crippen molar-refractivity contribution in [1.82, 2.24) is 5.32 Å². The van der Waals surface area contributed by atoms with Gasteiger partial charge in [0.2, 0.25) is 5.91 Å². The summed E-state index contributed by atoms with van der Waals surface area (Å²) in [7, 11) is 0. The second-order valence-electron chi connectivity index (χ2n) is 6.08. The number of nitrogens with one attached hydrogen (secondary N) is 1. The van der Waals surface area contributed by atoms with E-state index < -0.39 is 5.60 Å². The molecule has 1 aromatic heterocycles. The van der Waals surface area contributed by atoms with Gasteiger partial charge < -0.3 is 14.8 Å². The van der Waals surface area contributed by atoms with Crippen molar-refractivity contribution in [3.63, 3.8) is 0 Å². The summed E-state index contributed by atoms with van der Waals surface area (Å²) in [5.74, 6) is 2.00. The molecule has 1 aliphatic carbocycles. The first kappa shape index (κ1) is 15.8. The molecule has 4 heteroatoms. The molecule has 1 fully saturated rings. The van der Waals surface area contributed by atoms with Gasteiger partial charge in [0.1, 0.15) is 11.5 Å². The van der Waals surface area contributed by atoms with Crippen LogP contribution < -0.4 is 5.32 Å². The molecule has 0 saturated heterocycles. The smallest absolute Gasteiger partial charge is 0.244 e. The maximum atomic E-state index is 11.8. The van der Waals surface area contributed by atoms with E-state index in [-0.39, 0.29) is 5.91 Å². The molecule has 1 aliphatic rings. The van der Waals surface area contributed by atoms with Crippen LogP contribution in [-0.4, -0.2) is 23.2 Å². The van der Waals surface area contributed by atoms with Gasteiger partial charge in [0.05, 0.1) is 5.60 Å². The molecule has 1 heterocycles. The van der Waals surface area contributed by atoms with Crippen LogP contribution in [-0.2, 0) is 4.79 Å². The van der Waals surface area contributed by atoms with E-state index in [0.29, 0.717) is 12.3 Å². The van der Waals surface area contributed by atoms with Crippen LogP contribution in [0.4, 0.5) is 0 Å². The number of carbonyl (C=O) groups excluding carboxylic acids is 1. The zero-order valence-corrected chi connectivity index (χ0v) is 12.9. The predicted octanol–water partition coefficient (Wildman–Crippen LogP) is 3.05. The molecule has 0 aromatic carbocycles. The molecule has 2 rings (SSSR count). The third-order valence-corrected chi connectivity index (χ3v) is 4.37. The van der Waals surface area contributed by atoms with E-state index in [9.17, 15) is 9.90 Å². The van der Waals surface area contributed by atoms with E-state index >= 15 is 0 Å². The first-order valence-electron chi connectivity index (χ1n) is 7.75. The Labute approximate surface area is 126 Å². The van der Waals surface area contributed by atoms with Crippen LogP contribution in [0.15, 0.2) is 22.6 Å². The molecule has 1 amide bonds. The quantitative estimate of drug-likeness (QED) is 0.820. The molecule has 0 bridgehead atoms. The average Bonchev–Trinajstić information content (AvgIpc) is 2.90. The zero-order valence-electron chi connectivity index (χ0n) is 12.9. The third kappa shape index (κ3) is 4.74. The number of rotatable bonds is 5. The Morgan fingerprint density at radius 1 is 1.48 bits per heavy atom. The van der Waals surface area contributed by atoms with Crippen molar-refractivity contribution in [3.8, 4) is 0 Å². The number of hydrogen-bond donors (Lipinski definition) is 2. The molecule has 1 aromatic rings. The van der Waals surface area contributed by atoms with Gasteiger partial charge in [-0.3, -0.25) is 4.79 Å². The predicted molar refractivity (Wildman–Crippen MR) is 82.7 cm³/mol. The Bertz CT molecular complexity index is 496. The lowest BCUT2D eigenvalue weighted by molar-refractivity contribution is -0.118. The van der Waals surface area contributed by atoms with Crippen LogP contribution in [0.25, 0.3) is 6.08 Å². The Kier molecular flexibility index (Phi) is 5.23. The normalized spacial score (nSPS) is 26.1. The number of amides is 1. The van der Waals surface area contributed by atoms with Gasteiger partial charge in [-0.25, -0.2) is 0 Å². The number of aliphatic hydroxyl groups is 1. The number of aryl methyl sites for hydroxylation is 1. The Balaban J connectivity index is 1.77. The summed E-state index contributed by atoms with van der Waals surface area (Å²) in [5.41, 5.74) is -0.740. The molecule has 1 saturated carbocycles. The van der Waals surface area contributed by atoms with Gasteiger partial charge >= 0.3 is 0 Å². The molecule has 0 atom stereocenters. The minimum absolute atomic E-state index is 0.199. The lowest BCUT2D eigenvalue weighted by Crippen LogP contribution is -2.45. The SMILES string of the molecule is CCC1CCC(O)(CNC(=O)C=Cc2ccc(C)o2)CC1. The number of furan rings is 1. The van der Waals surface area contributed by atoms with E-state index in [0.717, 1.165) is 37.4 Å². The Morgan fingerprint density at radius 2 is 2.19 bits per heavy atom. The van der Waals surface area contributed by atoms with E-state index in [1.54, 1.807) is 6.08 Å². The average molecular weight is 291 g/mol. The standard InChI is InChI=1S/C17H25NO3/c1-3-14-8-10-17(20,11-9-14)12-18-16(19)7-6-15-5-4-13(2)21-15/h4-7,14,20H,3,8-12H2,1-2H3,(H,18,19). The summed E-state index contributed by atoms with van der Waals surface area (Å²) in [6, 6.07) is 3.67. The molecule has 4 nitrogen and oxygen atoms in total. The highest BCUT2D eigenvalue weighted by molar-refractivity contribution is 5.91.